The fourth-order valence-electron chi connectivity index (χ4n) is 3.88. The number of carbonyl (C=O) groups excluding carboxylic acids is 2. The van der Waals surface area contributed by atoms with Crippen LogP contribution >= 0.6 is 23.2 Å². The van der Waals surface area contributed by atoms with E-state index in [1.807, 2.05) is 13.8 Å². The van der Waals surface area contributed by atoms with Gasteiger partial charge in [-0.15, -0.1) is 0 Å². The second-order valence-electron chi connectivity index (χ2n) is 9.64. The monoisotopic (exact) mass is 620 g/mol. The number of benzene rings is 3. The quantitative estimate of drug-likeness (QED) is 0.216. The fourth-order valence-corrected chi connectivity index (χ4v) is 5.83. The molecule has 41 heavy (non-hydrogen) atoms. The first-order chi connectivity index (χ1) is 19.3. The molecule has 0 fully saturated rings. The topological polar surface area (TPSA) is 130 Å². The van der Waals surface area contributed by atoms with Gasteiger partial charge in [-0.05, 0) is 49.2 Å². The molecule has 0 saturated heterocycles. The van der Waals surface area contributed by atoms with E-state index in [1.165, 1.54) is 48.2 Å². The molecule has 218 valence electrons. The van der Waals surface area contributed by atoms with Gasteiger partial charge in [0.25, 0.3) is 15.7 Å². The van der Waals surface area contributed by atoms with Crippen molar-refractivity contribution in [2.45, 2.75) is 38.3 Å². The van der Waals surface area contributed by atoms with E-state index in [4.69, 9.17) is 23.2 Å². The summed E-state index contributed by atoms with van der Waals surface area (Å²) in [7, 11) is -4.31. The number of halogens is 2. The van der Waals surface area contributed by atoms with Gasteiger partial charge in [0.1, 0.15) is 12.6 Å². The highest BCUT2D eigenvalue weighted by atomic mass is 35.5. The zero-order chi connectivity index (χ0) is 30.3. The Labute approximate surface area is 249 Å². The highest BCUT2D eigenvalue weighted by Crippen LogP contribution is 2.29. The van der Waals surface area contributed by atoms with E-state index in [0.717, 1.165) is 16.4 Å². The zero-order valence-electron chi connectivity index (χ0n) is 22.7. The summed E-state index contributed by atoms with van der Waals surface area (Å²) in [4.78, 5) is 38.7. The number of sulfonamides is 1. The van der Waals surface area contributed by atoms with Crippen LogP contribution in [0.3, 0.4) is 0 Å². The molecule has 1 atom stereocenters. The first kappa shape index (κ1) is 31.9. The standard InChI is InChI=1S/C28H30Cl2N4O6S/c1-19(2)16-31-28(36)20(3)32(17-24-25(29)10-7-11-26(24)30)27(35)18-33(21-12-14-22(15-13-21)34(37)38)41(39,40)23-8-5-4-6-9-23/h4-15,19-20H,16-18H2,1-3H3,(H,31,36)/t20-/m1/s1. The van der Waals surface area contributed by atoms with Crippen molar-refractivity contribution in [1.82, 2.24) is 10.2 Å². The highest BCUT2D eigenvalue weighted by Gasteiger charge is 2.33. The molecule has 0 heterocycles. The molecule has 0 aliphatic rings. The lowest BCUT2D eigenvalue weighted by Crippen LogP contribution is -2.51. The van der Waals surface area contributed by atoms with Gasteiger partial charge in [0.2, 0.25) is 11.8 Å². The summed E-state index contributed by atoms with van der Waals surface area (Å²) in [5.41, 5.74) is 0.170. The van der Waals surface area contributed by atoms with Gasteiger partial charge < -0.3 is 10.2 Å². The van der Waals surface area contributed by atoms with Crippen molar-refractivity contribution < 1.29 is 22.9 Å². The number of anilines is 1. The Morgan fingerprint density at radius 1 is 0.927 bits per heavy atom. The maximum Gasteiger partial charge on any atom is 0.269 e. The van der Waals surface area contributed by atoms with Crippen LogP contribution in [-0.2, 0) is 26.2 Å². The first-order valence-corrected chi connectivity index (χ1v) is 14.8. The van der Waals surface area contributed by atoms with Gasteiger partial charge in [-0.3, -0.25) is 24.0 Å². The summed E-state index contributed by atoms with van der Waals surface area (Å²) in [5.74, 6) is -1.00. The number of nitro groups is 1. The van der Waals surface area contributed by atoms with Crippen molar-refractivity contribution in [2.75, 3.05) is 17.4 Å². The van der Waals surface area contributed by atoms with Crippen molar-refractivity contribution in [3.05, 3.63) is 98.5 Å². The molecular weight excluding hydrogens is 591 g/mol. The third-order valence-electron chi connectivity index (χ3n) is 6.20. The largest absolute Gasteiger partial charge is 0.354 e. The van der Waals surface area contributed by atoms with Gasteiger partial charge in [0, 0.05) is 40.8 Å². The second kappa shape index (κ2) is 13.8. The Bertz CT molecular complexity index is 1480. The van der Waals surface area contributed by atoms with Crippen LogP contribution in [-0.4, -0.2) is 49.2 Å². The molecule has 3 rings (SSSR count). The molecule has 0 radical (unpaired) electrons. The molecule has 1 N–H and O–H groups in total. The second-order valence-corrected chi connectivity index (χ2v) is 12.3. The van der Waals surface area contributed by atoms with Crippen molar-refractivity contribution in [3.8, 4) is 0 Å². The lowest BCUT2D eigenvalue weighted by molar-refractivity contribution is -0.384. The summed E-state index contributed by atoms with van der Waals surface area (Å²) in [6, 6.07) is 16.1. The number of carbonyl (C=O) groups is 2. The van der Waals surface area contributed by atoms with Crippen LogP contribution in [0.5, 0.6) is 0 Å². The number of hydrogen-bond acceptors (Lipinski definition) is 6. The number of rotatable bonds is 12. The van der Waals surface area contributed by atoms with E-state index in [0.29, 0.717) is 12.1 Å². The Kier molecular flexibility index (Phi) is 10.7. The molecule has 0 aromatic heterocycles. The highest BCUT2D eigenvalue weighted by molar-refractivity contribution is 7.92. The number of nitro benzene ring substituents is 1. The Morgan fingerprint density at radius 2 is 1.51 bits per heavy atom. The van der Waals surface area contributed by atoms with Crippen molar-refractivity contribution in [3.63, 3.8) is 0 Å². The van der Waals surface area contributed by atoms with E-state index >= 15 is 0 Å². The molecule has 13 heteroatoms. The van der Waals surface area contributed by atoms with Crippen molar-refractivity contribution in [1.29, 1.82) is 0 Å². The molecule has 10 nitrogen and oxygen atoms in total. The molecular formula is C28H30Cl2N4O6S. The molecule has 3 aromatic rings. The minimum absolute atomic E-state index is 0.0282. The zero-order valence-corrected chi connectivity index (χ0v) is 25.0. The minimum atomic E-state index is -4.31. The fraction of sp³-hybridized carbons (Fsp3) is 0.286. The lowest BCUT2D eigenvalue weighted by Gasteiger charge is -2.32. The first-order valence-electron chi connectivity index (χ1n) is 12.6. The van der Waals surface area contributed by atoms with Crippen LogP contribution < -0.4 is 9.62 Å². The number of amides is 2. The Balaban J connectivity index is 2.06. The van der Waals surface area contributed by atoms with E-state index < -0.39 is 39.3 Å². The maximum atomic E-state index is 13.9. The van der Waals surface area contributed by atoms with Crippen LogP contribution in [0.25, 0.3) is 0 Å². The lowest BCUT2D eigenvalue weighted by atomic mass is 10.1. The van der Waals surface area contributed by atoms with E-state index in [2.05, 4.69) is 5.32 Å². The minimum Gasteiger partial charge on any atom is -0.354 e. The number of non-ortho nitro benzene ring substituents is 1. The van der Waals surface area contributed by atoms with Crippen molar-refractivity contribution >= 4 is 56.4 Å². The van der Waals surface area contributed by atoms with Crippen LogP contribution in [0, 0.1) is 16.0 Å². The molecule has 0 unspecified atom stereocenters. The summed E-state index contributed by atoms with van der Waals surface area (Å²) in [6.45, 7) is 4.86. The molecule has 0 spiro atoms. The van der Waals surface area contributed by atoms with Crippen LogP contribution in [0.1, 0.15) is 26.3 Å². The van der Waals surface area contributed by atoms with Crippen LogP contribution in [0.15, 0.2) is 77.7 Å². The molecule has 0 aliphatic carbocycles. The van der Waals surface area contributed by atoms with Crippen LogP contribution in [0.2, 0.25) is 10.0 Å². The van der Waals surface area contributed by atoms with Gasteiger partial charge in [0.05, 0.1) is 15.5 Å². The normalized spacial score (nSPS) is 12.0. The number of hydrogen-bond donors (Lipinski definition) is 1. The Morgan fingerprint density at radius 3 is 2.05 bits per heavy atom. The molecule has 0 aliphatic heterocycles. The van der Waals surface area contributed by atoms with Crippen LogP contribution in [0.4, 0.5) is 11.4 Å². The smallest absolute Gasteiger partial charge is 0.269 e. The molecule has 3 aromatic carbocycles. The third kappa shape index (κ3) is 7.96. The van der Waals surface area contributed by atoms with E-state index in [1.54, 1.807) is 24.3 Å². The van der Waals surface area contributed by atoms with Gasteiger partial charge in [-0.2, -0.15) is 0 Å². The maximum absolute atomic E-state index is 13.9. The van der Waals surface area contributed by atoms with Gasteiger partial charge >= 0.3 is 0 Å². The summed E-state index contributed by atoms with van der Waals surface area (Å²) >= 11 is 12.8. The predicted octanol–water partition coefficient (Wildman–Crippen LogP) is 5.29. The molecule has 0 saturated carbocycles. The van der Waals surface area contributed by atoms with Gasteiger partial charge in [-0.1, -0.05) is 61.3 Å². The predicted molar refractivity (Wildman–Crippen MR) is 158 cm³/mol. The summed E-state index contributed by atoms with van der Waals surface area (Å²) < 4.78 is 28.4. The molecule has 2 amide bonds. The van der Waals surface area contributed by atoms with Gasteiger partial charge in [-0.25, -0.2) is 8.42 Å². The average molecular weight is 622 g/mol. The van der Waals surface area contributed by atoms with E-state index in [-0.39, 0.29) is 38.8 Å². The Hall–Kier alpha value is -3.67. The van der Waals surface area contributed by atoms with Crippen molar-refractivity contribution in [2.24, 2.45) is 5.92 Å². The number of nitrogens with one attached hydrogen (secondary N) is 1. The summed E-state index contributed by atoms with van der Waals surface area (Å²) in [6.07, 6.45) is 0. The van der Waals surface area contributed by atoms with Gasteiger partial charge in [0.15, 0.2) is 0 Å². The van der Waals surface area contributed by atoms with E-state index in [9.17, 15) is 28.1 Å². The molecule has 0 bridgehead atoms. The third-order valence-corrected chi connectivity index (χ3v) is 8.70. The number of nitrogens with zero attached hydrogens (tertiary/aromatic N) is 3. The average Bonchev–Trinajstić information content (AvgIpc) is 2.94. The SMILES string of the molecule is CC(C)CNC(=O)[C@@H](C)N(Cc1c(Cl)cccc1Cl)C(=O)CN(c1ccc([N+](=O)[O-])cc1)S(=O)(=O)c1ccccc1. The summed E-state index contributed by atoms with van der Waals surface area (Å²) in [5, 5.41) is 14.5.